The van der Waals surface area contributed by atoms with Gasteiger partial charge in [0.1, 0.15) is 5.82 Å². The van der Waals surface area contributed by atoms with Crippen LogP contribution in [0.3, 0.4) is 0 Å². The lowest BCUT2D eigenvalue weighted by molar-refractivity contribution is 0.0527. The first-order chi connectivity index (χ1) is 13.2. The van der Waals surface area contributed by atoms with Gasteiger partial charge in [-0.1, -0.05) is 18.2 Å². The highest BCUT2D eigenvalue weighted by atomic mass is 16.5. The molecule has 0 aliphatic heterocycles. The molecule has 2 heterocycles. The minimum atomic E-state index is -0.375. The number of aryl methyl sites for hydroxylation is 1. The molecule has 138 valence electrons. The Hall–Kier alpha value is -3.48. The van der Waals surface area contributed by atoms with E-state index in [2.05, 4.69) is 25.6 Å². The Morgan fingerprint density at radius 2 is 1.93 bits per heavy atom. The summed E-state index contributed by atoms with van der Waals surface area (Å²) in [6.07, 6.45) is 1.74. The molecule has 0 spiro atoms. The van der Waals surface area contributed by atoms with Crippen molar-refractivity contribution in [3.63, 3.8) is 0 Å². The number of nitrogens with zero attached hydrogens (tertiary/aromatic N) is 3. The molecule has 7 nitrogen and oxygen atoms in total. The molecule has 0 atom stereocenters. The molecular formula is C20H21N5O2. The highest BCUT2D eigenvalue weighted by molar-refractivity contribution is 5.96. The van der Waals surface area contributed by atoms with Gasteiger partial charge >= 0.3 is 5.97 Å². The van der Waals surface area contributed by atoms with Crippen LogP contribution in [0.5, 0.6) is 0 Å². The molecule has 0 amide bonds. The third-order valence-corrected chi connectivity index (χ3v) is 3.69. The molecule has 0 bridgehead atoms. The van der Waals surface area contributed by atoms with E-state index in [1.807, 2.05) is 43.3 Å². The second-order valence-corrected chi connectivity index (χ2v) is 5.78. The maximum Gasteiger partial charge on any atom is 0.340 e. The lowest BCUT2D eigenvalue weighted by atomic mass is 10.2. The van der Waals surface area contributed by atoms with Crippen LogP contribution >= 0.6 is 0 Å². The van der Waals surface area contributed by atoms with E-state index in [0.717, 1.165) is 11.4 Å². The molecule has 0 radical (unpaired) electrons. The number of anilines is 3. The summed E-state index contributed by atoms with van der Waals surface area (Å²) in [7, 11) is 0. The monoisotopic (exact) mass is 363 g/mol. The number of rotatable bonds is 7. The zero-order valence-electron chi connectivity index (χ0n) is 15.3. The molecular weight excluding hydrogens is 342 g/mol. The Labute approximate surface area is 157 Å². The van der Waals surface area contributed by atoms with E-state index in [1.165, 1.54) is 0 Å². The molecule has 0 aliphatic carbocycles. The van der Waals surface area contributed by atoms with Crippen molar-refractivity contribution in [3.8, 4) is 0 Å². The minimum Gasteiger partial charge on any atom is -0.462 e. The first kappa shape index (κ1) is 18.3. The van der Waals surface area contributed by atoms with Crippen molar-refractivity contribution in [1.29, 1.82) is 0 Å². The Kier molecular flexibility index (Phi) is 5.94. The van der Waals surface area contributed by atoms with Crippen molar-refractivity contribution in [2.45, 2.75) is 20.4 Å². The number of esters is 1. The molecule has 1 aromatic carbocycles. The number of carbonyl (C=O) groups excluding carboxylic acids is 1. The number of para-hydroxylation sites is 1. The molecule has 3 rings (SSSR count). The molecule has 0 aliphatic rings. The number of pyridine rings is 1. The number of aromatic nitrogens is 3. The molecule has 7 heteroatoms. The first-order valence-electron chi connectivity index (χ1n) is 8.68. The highest BCUT2D eigenvalue weighted by Crippen LogP contribution is 2.21. The van der Waals surface area contributed by atoms with Crippen molar-refractivity contribution in [2.75, 3.05) is 17.2 Å². The van der Waals surface area contributed by atoms with Crippen LogP contribution < -0.4 is 10.6 Å². The van der Waals surface area contributed by atoms with Crippen molar-refractivity contribution in [2.24, 2.45) is 0 Å². The quantitative estimate of drug-likeness (QED) is 0.619. The van der Waals surface area contributed by atoms with Crippen LogP contribution in [0, 0.1) is 6.92 Å². The number of benzene rings is 1. The molecule has 0 fully saturated rings. The van der Waals surface area contributed by atoms with Crippen LogP contribution in [0.1, 0.15) is 28.7 Å². The van der Waals surface area contributed by atoms with E-state index >= 15 is 0 Å². The third-order valence-electron chi connectivity index (χ3n) is 3.69. The first-order valence-corrected chi connectivity index (χ1v) is 8.68. The maximum absolute atomic E-state index is 12.1. The van der Waals surface area contributed by atoms with Crippen molar-refractivity contribution >= 4 is 23.4 Å². The van der Waals surface area contributed by atoms with Crippen LogP contribution in [-0.4, -0.2) is 27.5 Å². The van der Waals surface area contributed by atoms with Crippen LogP contribution in [0.15, 0.2) is 54.7 Å². The van der Waals surface area contributed by atoms with Gasteiger partial charge in [0.05, 0.1) is 30.1 Å². The number of ether oxygens (including phenoxy) is 1. The average Bonchev–Trinajstić information content (AvgIpc) is 2.67. The van der Waals surface area contributed by atoms with E-state index in [0.29, 0.717) is 36.2 Å². The zero-order chi connectivity index (χ0) is 19.1. The van der Waals surface area contributed by atoms with Crippen LogP contribution in [-0.2, 0) is 11.3 Å². The summed E-state index contributed by atoms with van der Waals surface area (Å²) in [5, 5.41) is 6.35. The van der Waals surface area contributed by atoms with Gasteiger partial charge in [0.2, 0.25) is 5.95 Å². The smallest absolute Gasteiger partial charge is 0.340 e. The standard InChI is InChI=1S/C20H21N5O2/c1-3-27-19(26)16-9-4-5-10-17(16)24-18-12-14(2)23-20(25-18)22-13-15-8-6-7-11-21-15/h4-12H,3,13H2,1-2H3,(H2,22,23,24,25). The summed E-state index contributed by atoms with van der Waals surface area (Å²) < 4.78 is 5.11. The Bertz CT molecular complexity index is 915. The molecule has 0 unspecified atom stereocenters. The summed E-state index contributed by atoms with van der Waals surface area (Å²) in [6, 6.07) is 14.7. The highest BCUT2D eigenvalue weighted by Gasteiger charge is 2.13. The number of carbonyl (C=O) groups is 1. The van der Waals surface area contributed by atoms with Gasteiger partial charge in [-0.05, 0) is 38.1 Å². The van der Waals surface area contributed by atoms with Gasteiger partial charge in [-0.25, -0.2) is 9.78 Å². The van der Waals surface area contributed by atoms with Gasteiger partial charge in [-0.2, -0.15) is 4.98 Å². The Balaban J connectivity index is 1.78. The molecule has 3 aromatic rings. The largest absolute Gasteiger partial charge is 0.462 e. The van der Waals surface area contributed by atoms with E-state index in [1.54, 1.807) is 25.3 Å². The molecule has 2 aromatic heterocycles. The van der Waals surface area contributed by atoms with Gasteiger partial charge in [-0.15, -0.1) is 0 Å². The topological polar surface area (TPSA) is 89.0 Å². The van der Waals surface area contributed by atoms with E-state index < -0.39 is 0 Å². The van der Waals surface area contributed by atoms with Crippen LogP contribution in [0.2, 0.25) is 0 Å². The van der Waals surface area contributed by atoms with Gasteiger partial charge in [0.15, 0.2) is 0 Å². The molecule has 27 heavy (non-hydrogen) atoms. The number of nitrogens with one attached hydrogen (secondary N) is 2. The van der Waals surface area contributed by atoms with Crippen molar-refractivity contribution in [3.05, 3.63) is 71.7 Å². The summed E-state index contributed by atoms with van der Waals surface area (Å²) >= 11 is 0. The average molecular weight is 363 g/mol. The number of hydrogen-bond donors (Lipinski definition) is 2. The molecule has 2 N–H and O–H groups in total. The van der Waals surface area contributed by atoms with Gasteiger partial charge in [0.25, 0.3) is 0 Å². The summed E-state index contributed by atoms with van der Waals surface area (Å²) in [4.78, 5) is 25.3. The SMILES string of the molecule is CCOC(=O)c1ccccc1Nc1cc(C)nc(NCc2ccccn2)n1. The predicted molar refractivity (Wildman–Crippen MR) is 104 cm³/mol. The van der Waals surface area contributed by atoms with E-state index in [4.69, 9.17) is 4.74 Å². The van der Waals surface area contributed by atoms with E-state index in [-0.39, 0.29) is 5.97 Å². The lowest BCUT2D eigenvalue weighted by Crippen LogP contribution is -2.10. The maximum atomic E-state index is 12.1. The van der Waals surface area contributed by atoms with Crippen LogP contribution in [0.25, 0.3) is 0 Å². The molecule has 0 saturated heterocycles. The van der Waals surface area contributed by atoms with Gasteiger partial charge in [0, 0.05) is 18.0 Å². The Morgan fingerprint density at radius 3 is 2.70 bits per heavy atom. The second kappa shape index (κ2) is 8.75. The minimum absolute atomic E-state index is 0.321. The van der Waals surface area contributed by atoms with Crippen molar-refractivity contribution < 1.29 is 9.53 Å². The van der Waals surface area contributed by atoms with Gasteiger partial charge in [-0.3, -0.25) is 4.98 Å². The van der Waals surface area contributed by atoms with E-state index in [9.17, 15) is 4.79 Å². The fraction of sp³-hybridized carbons (Fsp3) is 0.200. The van der Waals surface area contributed by atoms with Crippen LogP contribution in [0.4, 0.5) is 17.5 Å². The number of hydrogen-bond acceptors (Lipinski definition) is 7. The van der Waals surface area contributed by atoms with Crippen molar-refractivity contribution in [1.82, 2.24) is 15.0 Å². The normalized spacial score (nSPS) is 10.3. The Morgan fingerprint density at radius 1 is 1.11 bits per heavy atom. The summed E-state index contributed by atoms with van der Waals surface area (Å²) in [5.41, 5.74) is 2.78. The fourth-order valence-corrected chi connectivity index (χ4v) is 2.50. The van der Waals surface area contributed by atoms with Gasteiger partial charge < -0.3 is 15.4 Å². The zero-order valence-corrected chi connectivity index (χ0v) is 15.3. The fourth-order valence-electron chi connectivity index (χ4n) is 2.50. The third kappa shape index (κ3) is 5.01. The second-order valence-electron chi connectivity index (χ2n) is 5.78. The lowest BCUT2D eigenvalue weighted by Gasteiger charge is -2.12. The summed E-state index contributed by atoms with van der Waals surface area (Å²) in [5.74, 6) is 0.694. The predicted octanol–water partition coefficient (Wildman–Crippen LogP) is 3.71. The molecule has 0 saturated carbocycles. The summed E-state index contributed by atoms with van der Waals surface area (Å²) in [6.45, 7) is 4.50.